The van der Waals surface area contributed by atoms with Gasteiger partial charge in [-0.25, -0.2) is 0 Å². The summed E-state index contributed by atoms with van der Waals surface area (Å²) in [5.74, 6) is 1.17. The van der Waals surface area contributed by atoms with E-state index >= 15 is 0 Å². The van der Waals surface area contributed by atoms with Gasteiger partial charge in [-0.1, -0.05) is 13.0 Å². The second-order valence-corrected chi connectivity index (χ2v) is 7.73. The highest BCUT2D eigenvalue weighted by molar-refractivity contribution is 5.62. The van der Waals surface area contributed by atoms with E-state index in [0.29, 0.717) is 19.3 Å². The zero-order chi connectivity index (χ0) is 18.5. The van der Waals surface area contributed by atoms with Gasteiger partial charge in [0.1, 0.15) is 6.29 Å². The Hall–Kier alpha value is -1.17. The Morgan fingerprint density at radius 1 is 1.40 bits per heavy atom. The number of aldehydes is 1. The Morgan fingerprint density at radius 3 is 2.72 bits per heavy atom. The Labute approximate surface area is 150 Å². The Bertz CT molecular complexity index is 526. The van der Waals surface area contributed by atoms with E-state index in [1.807, 2.05) is 0 Å². The molecule has 0 aromatic rings. The van der Waals surface area contributed by atoms with Crippen molar-refractivity contribution in [3.8, 4) is 0 Å². The largest absolute Gasteiger partial charge is 0.501 e. The molecule has 1 saturated carbocycles. The number of aliphatic hydroxyl groups is 3. The number of allylic oxidation sites excluding steroid dienone is 2. The Morgan fingerprint density at radius 2 is 2.16 bits per heavy atom. The van der Waals surface area contributed by atoms with Crippen LogP contribution >= 0.6 is 0 Å². The maximum absolute atomic E-state index is 12.2. The van der Waals surface area contributed by atoms with E-state index < -0.39 is 5.41 Å². The third-order valence-electron chi connectivity index (χ3n) is 6.67. The van der Waals surface area contributed by atoms with E-state index in [9.17, 15) is 15.0 Å². The number of hydrogen-bond acceptors (Lipinski definition) is 5. The van der Waals surface area contributed by atoms with Gasteiger partial charge in [-0.3, -0.25) is 0 Å². The molecule has 0 spiro atoms. The summed E-state index contributed by atoms with van der Waals surface area (Å²) in [7, 11) is 1.65. The fraction of sp³-hybridized carbons (Fsp3) is 0.750. The van der Waals surface area contributed by atoms with Crippen LogP contribution in [0.2, 0.25) is 0 Å². The Balaban J connectivity index is 2.32. The fourth-order valence-electron chi connectivity index (χ4n) is 5.27. The highest BCUT2D eigenvalue weighted by Gasteiger charge is 2.60. The molecule has 4 atom stereocenters. The molecule has 0 bridgehead atoms. The summed E-state index contributed by atoms with van der Waals surface area (Å²) in [6.45, 7) is 1.98. The number of hydrogen-bond donors (Lipinski definition) is 3. The lowest BCUT2D eigenvalue weighted by molar-refractivity contribution is -0.120. The van der Waals surface area contributed by atoms with Crippen LogP contribution in [0.1, 0.15) is 45.4 Å². The second-order valence-electron chi connectivity index (χ2n) is 7.73. The van der Waals surface area contributed by atoms with E-state index in [2.05, 4.69) is 13.0 Å². The average Bonchev–Trinajstić information content (AvgIpc) is 2.75. The van der Waals surface area contributed by atoms with Crippen molar-refractivity contribution in [3.05, 3.63) is 23.5 Å². The van der Waals surface area contributed by atoms with Crippen LogP contribution in [0, 0.1) is 22.7 Å². The molecule has 0 aromatic carbocycles. The molecule has 142 valence electrons. The van der Waals surface area contributed by atoms with Crippen LogP contribution in [-0.4, -0.2) is 48.5 Å². The van der Waals surface area contributed by atoms with Gasteiger partial charge in [0.15, 0.2) is 0 Å². The summed E-state index contributed by atoms with van der Waals surface area (Å²) in [5, 5.41) is 28.9. The van der Waals surface area contributed by atoms with Gasteiger partial charge >= 0.3 is 0 Å². The van der Waals surface area contributed by atoms with E-state index in [0.717, 1.165) is 36.9 Å². The SMILES string of the molecule is COC1=CCCC2C(C=O)(C1)CC(C)C2(CO)CCC(=CCO)CO. The summed E-state index contributed by atoms with van der Waals surface area (Å²) < 4.78 is 5.46. The van der Waals surface area contributed by atoms with Crippen molar-refractivity contribution >= 4 is 6.29 Å². The van der Waals surface area contributed by atoms with Gasteiger partial charge in [-0.2, -0.15) is 0 Å². The van der Waals surface area contributed by atoms with Gasteiger partial charge in [-0.05, 0) is 55.6 Å². The second kappa shape index (κ2) is 8.47. The predicted molar refractivity (Wildman–Crippen MR) is 95.7 cm³/mol. The molecule has 2 aliphatic rings. The molecular formula is C20H32O5. The van der Waals surface area contributed by atoms with Crippen molar-refractivity contribution in [2.24, 2.45) is 22.7 Å². The molecule has 0 heterocycles. The number of methoxy groups -OCH3 is 1. The maximum atomic E-state index is 12.2. The number of carbonyl (C=O) groups is 1. The van der Waals surface area contributed by atoms with Crippen molar-refractivity contribution in [2.75, 3.05) is 26.9 Å². The third-order valence-corrected chi connectivity index (χ3v) is 6.67. The van der Waals surface area contributed by atoms with Crippen LogP contribution in [-0.2, 0) is 9.53 Å². The number of aliphatic hydroxyl groups excluding tert-OH is 3. The smallest absolute Gasteiger partial charge is 0.126 e. The zero-order valence-corrected chi connectivity index (χ0v) is 15.4. The molecule has 0 radical (unpaired) electrons. The minimum Gasteiger partial charge on any atom is -0.501 e. The maximum Gasteiger partial charge on any atom is 0.126 e. The van der Waals surface area contributed by atoms with Crippen molar-refractivity contribution in [2.45, 2.75) is 45.4 Å². The summed E-state index contributed by atoms with van der Waals surface area (Å²) in [4.78, 5) is 12.2. The monoisotopic (exact) mass is 352 g/mol. The molecule has 0 aliphatic heterocycles. The fourth-order valence-corrected chi connectivity index (χ4v) is 5.27. The van der Waals surface area contributed by atoms with Gasteiger partial charge < -0.3 is 24.9 Å². The van der Waals surface area contributed by atoms with Crippen LogP contribution in [0.25, 0.3) is 0 Å². The van der Waals surface area contributed by atoms with E-state index in [-0.39, 0.29) is 37.1 Å². The van der Waals surface area contributed by atoms with Crippen molar-refractivity contribution in [3.63, 3.8) is 0 Å². The molecule has 5 nitrogen and oxygen atoms in total. The summed E-state index contributed by atoms with van der Waals surface area (Å²) >= 11 is 0. The zero-order valence-electron chi connectivity index (χ0n) is 15.4. The summed E-state index contributed by atoms with van der Waals surface area (Å²) in [6.07, 6.45) is 9.18. The summed E-state index contributed by atoms with van der Waals surface area (Å²) in [6, 6.07) is 0. The first-order valence-electron chi connectivity index (χ1n) is 9.21. The molecule has 5 heteroatoms. The topological polar surface area (TPSA) is 87.0 Å². The number of ether oxygens (including phenoxy) is 1. The predicted octanol–water partition coefficient (Wildman–Crippen LogP) is 2.21. The lowest BCUT2D eigenvalue weighted by Gasteiger charge is -2.41. The molecule has 4 unspecified atom stereocenters. The lowest BCUT2D eigenvalue weighted by atomic mass is 9.63. The molecule has 0 saturated heterocycles. The van der Waals surface area contributed by atoms with Gasteiger partial charge in [0, 0.05) is 23.9 Å². The standard InChI is InChI=1S/C20H32O5/c1-15-10-19(13-23)11-17(25-2)4-3-5-18(19)20(15,14-24)8-6-16(12-22)7-9-21/h4,7,13,15,18,21-22,24H,3,5-6,8-12,14H2,1-2H3. The molecule has 2 aliphatic carbocycles. The molecule has 25 heavy (non-hydrogen) atoms. The van der Waals surface area contributed by atoms with Gasteiger partial charge in [0.05, 0.1) is 26.1 Å². The van der Waals surface area contributed by atoms with Crippen molar-refractivity contribution in [1.29, 1.82) is 0 Å². The van der Waals surface area contributed by atoms with Crippen molar-refractivity contribution < 1.29 is 24.9 Å². The number of fused-ring (bicyclic) bond motifs is 1. The molecule has 3 N–H and O–H groups in total. The van der Waals surface area contributed by atoms with Gasteiger partial charge in [0.25, 0.3) is 0 Å². The van der Waals surface area contributed by atoms with Gasteiger partial charge in [0.2, 0.25) is 0 Å². The normalized spacial score (nSPS) is 35.7. The first kappa shape index (κ1) is 20.1. The highest BCUT2D eigenvalue weighted by atomic mass is 16.5. The van der Waals surface area contributed by atoms with Crippen LogP contribution in [0.5, 0.6) is 0 Å². The third kappa shape index (κ3) is 3.69. The molecule has 0 aromatic heterocycles. The van der Waals surface area contributed by atoms with E-state index in [1.54, 1.807) is 13.2 Å². The lowest BCUT2D eigenvalue weighted by Crippen LogP contribution is -2.40. The van der Waals surface area contributed by atoms with Crippen LogP contribution in [0.15, 0.2) is 23.5 Å². The van der Waals surface area contributed by atoms with Crippen LogP contribution in [0.4, 0.5) is 0 Å². The first-order valence-corrected chi connectivity index (χ1v) is 9.21. The average molecular weight is 352 g/mol. The molecule has 0 amide bonds. The van der Waals surface area contributed by atoms with Crippen LogP contribution < -0.4 is 0 Å². The minimum absolute atomic E-state index is 0.0363. The quantitative estimate of drug-likeness (QED) is 0.460. The van der Waals surface area contributed by atoms with Gasteiger partial charge in [-0.15, -0.1) is 0 Å². The minimum atomic E-state index is -0.486. The molecular weight excluding hydrogens is 320 g/mol. The first-order chi connectivity index (χ1) is 12.0. The van der Waals surface area contributed by atoms with E-state index in [1.165, 1.54) is 0 Å². The number of carbonyl (C=O) groups excluding carboxylic acids is 1. The summed E-state index contributed by atoms with van der Waals surface area (Å²) in [5.41, 5.74) is -0.0437. The molecule has 1 fully saturated rings. The van der Waals surface area contributed by atoms with Crippen molar-refractivity contribution in [1.82, 2.24) is 0 Å². The molecule has 2 rings (SSSR count). The van der Waals surface area contributed by atoms with Crippen LogP contribution in [0.3, 0.4) is 0 Å². The Kier molecular flexibility index (Phi) is 6.83. The van der Waals surface area contributed by atoms with E-state index in [4.69, 9.17) is 9.84 Å². The highest BCUT2D eigenvalue weighted by Crippen LogP contribution is 2.63. The number of rotatable bonds is 8.